The fourth-order valence-corrected chi connectivity index (χ4v) is 3.12. The van der Waals surface area contributed by atoms with Crippen LogP contribution < -0.4 is 0 Å². The Kier molecular flexibility index (Phi) is 4.71. The fourth-order valence-electron chi connectivity index (χ4n) is 1.78. The molecule has 0 fully saturated rings. The van der Waals surface area contributed by atoms with E-state index in [2.05, 4.69) is 0 Å². The van der Waals surface area contributed by atoms with Crippen LogP contribution in [0.1, 0.15) is 27.7 Å². The van der Waals surface area contributed by atoms with Gasteiger partial charge in [0.2, 0.25) is 0 Å². The maximum atomic E-state index is 12.0. The summed E-state index contributed by atoms with van der Waals surface area (Å²) in [6.45, 7) is 7.85. The minimum atomic E-state index is -3.65. The summed E-state index contributed by atoms with van der Waals surface area (Å²) in [6, 6.07) is 8.26. The van der Waals surface area contributed by atoms with Crippen molar-refractivity contribution in [2.75, 3.05) is 0 Å². The molecule has 17 heavy (non-hydrogen) atoms. The smallest absolute Gasteiger partial charge is 0.262 e. The van der Waals surface area contributed by atoms with Crippen LogP contribution >= 0.6 is 0 Å². The lowest BCUT2D eigenvalue weighted by atomic mass is 9.97. The van der Waals surface area contributed by atoms with Crippen LogP contribution in [0.4, 0.5) is 0 Å². The normalized spacial score (nSPS) is 12.6. The molecule has 0 saturated heterocycles. The molecule has 0 aliphatic heterocycles. The Hall–Kier alpha value is -0.870. The maximum absolute atomic E-state index is 12.0. The third kappa shape index (κ3) is 3.82. The molecule has 1 rings (SSSR count). The molecular formula is C13H20O3S. The van der Waals surface area contributed by atoms with Crippen molar-refractivity contribution in [1.29, 1.82) is 0 Å². The van der Waals surface area contributed by atoms with Crippen LogP contribution in [0.25, 0.3) is 0 Å². The van der Waals surface area contributed by atoms with Gasteiger partial charge in [0.25, 0.3) is 10.1 Å². The largest absolute Gasteiger partial charge is 0.297 e. The molecular weight excluding hydrogens is 236 g/mol. The van der Waals surface area contributed by atoms with Crippen molar-refractivity contribution >= 4 is 10.1 Å². The lowest BCUT2D eigenvalue weighted by Gasteiger charge is -2.24. The highest BCUT2D eigenvalue weighted by molar-refractivity contribution is 7.86. The zero-order chi connectivity index (χ0) is 13.1. The van der Waals surface area contributed by atoms with Crippen LogP contribution in [0.3, 0.4) is 0 Å². The van der Waals surface area contributed by atoms with Crippen LogP contribution in [-0.2, 0) is 14.3 Å². The number of rotatable bonds is 5. The second-order valence-corrected chi connectivity index (χ2v) is 6.39. The molecule has 3 nitrogen and oxygen atoms in total. The van der Waals surface area contributed by atoms with E-state index in [1.807, 2.05) is 27.7 Å². The molecule has 0 spiro atoms. The van der Waals surface area contributed by atoms with Gasteiger partial charge in [0.1, 0.15) is 0 Å². The van der Waals surface area contributed by atoms with Crippen LogP contribution in [0.5, 0.6) is 0 Å². The number of hydrogen-bond donors (Lipinski definition) is 0. The highest BCUT2D eigenvalue weighted by Crippen LogP contribution is 2.22. The van der Waals surface area contributed by atoms with Gasteiger partial charge in [0.15, 0.2) is 0 Å². The van der Waals surface area contributed by atoms with Crippen LogP contribution in [-0.4, -0.2) is 14.5 Å². The Morgan fingerprint density at radius 2 is 1.41 bits per heavy atom. The lowest BCUT2D eigenvalue weighted by molar-refractivity contribution is 0.112. The third-order valence-corrected chi connectivity index (χ3v) is 3.91. The Morgan fingerprint density at radius 1 is 0.941 bits per heavy atom. The third-order valence-electron chi connectivity index (χ3n) is 2.58. The average Bonchev–Trinajstić information content (AvgIpc) is 2.26. The first-order valence-corrected chi connectivity index (χ1v) is 7.23. The average molecular weight is 256 g/mol. The molecule has 0 saturated carbocycles. The fraction of sp³-hybridized carbons (Fsp3) is 0.538. The van der Waals surface area contributed by atoms with Crippen molar-refractivity contribution in [3.8, 4) is 0 Å². The standard InChI is InChI=1S/C13H20O3S/c1-10(2)13(11(3)4)16-17(14,15)12-8-6-5-7-9-12/h5-11,13H,1-4H3. The van der Waals surface area contributed by atoms with Crippen LogP contribution in [0, 0.1) is 11.8 Å². The Balaban J connectivity index is 2.94. The van der Waals surface area contributed by atoms with E-state index in [9.17, 15) is 8.42 Å². The van der Waals surface area contributed by atoms with Gasteiger partial charge in [0.05, 0.1) is 11.0 Å². The molecule has 0 N–H and O–H groups in total. The van der Waals surface area contributed by atoms with Gasteiger partial charge in [-0.1, -0.05) is 45.9 Å². The molecule has 0 atom stereocenters. The molecule has 4 heteroatoms. The lowest BCUT2D eigenvalue weighted by Crippen LogP contribution is -2.28. The molecule has 1 aromatic carbocycles. The summed E-state index contributed by atoms with van der Waals surface area (Å²) in [5.74, 6) is 0.321. The second kappa shape index (κ2) is 5.65. The van der Waals surface area contributed by atoms with Gasteiger partial charge in [0, 0.05) is 0 Å². The highest BCUT2D eigenvalue weighted by Gasteiger charge is 2.26. The Bertz CT molecular complexity index is 427. The predicted octanol–water partition coefficient (Wildman–Crippen LogP) is 3.07. The van der Waals surface area contributed by atoms with Crippen molar-refractivity contribution in [3.05, 3.63) is 30.3 Å². The quantitative estimate of drug-likeness (QED) is 0.760. The molecule has 0 heterocycles. The van der Waals surface area contributed by atoms with Gasteiger partial charge >= 0.3 is 0 Å². The summed E-state index contributed by atoms with van der Waals surface area (Å²) in [7, 11) is -3.65. The topological polar surface area (TPSA) is 43.4 Å². The zero-order valence-electron chi connectivity index (χ0n) is 10.8. The molecule has 0 aliphatic carbocycles. The second-order valence-electron chi connectivity index (χ2n) is 4.82. The van der Waals surface area contributed by atoms with E-state index in [1.54, 1.807) is 30.3 Å². The van der Waals surface area contributed by atoms with Crippen LogP contribution in [0.15, 0.2) is 35.2 Å². The first-order valence-electron chi connectivity index (χ1n) is 5.83. The van der Waals surface area contributed by atoms with Crippen molar-refractivity contribution in [1.82, 2.24) is 0 Å². The summed E-state index contributed by atoms with van der Waals surface area (Å²) in [5, 5.41) is 0. The molecule has 0 aliphatic rings. The minimum absolute atomic E-state index is 0.161. The summed E-state index contributed by atoms with van der Waals surface area (Å²) in [6.07, 6.45) is -0.291. The van der Waals surface area contributed by atoms with Crippen LogP contribution in [0.2, 0.25) is 0 Å². The van der Waals surface area contributed by atoms with E-state index in [-0.39, 0.29) is 22.8 Å². The molecule has 0 radical (unpaired) electrons. The zero-order valence-corrected chi connectivity index (χ0v) is 11.6. The summed E-state index contributed by atoms with van der Waals surface area (Å²) in [4.78, 5) is 0.214. The molecule has 0 aromatic heterocycles. The van der Waals surface area contributed by atoms with E-state index < -0.39 is 10.1 Å². The summed E-state index contributed by atoms with van der Waals surface area (Å²) < 4.78 is 29.4. The van der Waals surface area contributed by atoms with Gasteiger partial charge in [-0.2, -0.15) is 8.42 Å². The molecule has 0 amide bonds. The van der Waals surface area contributed by atoms with Gasteiger partial charge in [-0.25, -0.2) is 0 Å². The van der Waals surface area contributed by atoms with E-state index in [0.29, 0.717) is 0 Å². The van der Waals surface area contributed by atoms with E-state index >= 15 is 0 Å². The van der Waals surface area contributed by atoms with Crippen molar-refractivity contribution in [2.45, 2.75) is 38.7 Å². The number of hydrogen-bond acceptors (Lipinski definition) is 3. The first kappa shape index (κ1) is 14.2. The maximum Gasteiger partial charge on any atom is 0.297 e. The van der Waals surface area contributed by atoms with Gasteiger partial charge in [-0.3, -0.25) is 4.18 Å². The monoisotopic (exact) mass is 256 g/mol. The van der Waals surface area contributed by atoms with Crippen molar-refractivity contribution in [2.24, 2.45) is 11.8 Å². The van der Waals surface area contributed by atoms with E-state index in [1.165, 1.54) is 0 Å². The van der Waals surface area contributed by atoms with Crippen molar-refractivity contribution in [3.63, 3.8) is 0 Å². The van der Waals surface area contributed by atoms with E-state index in [0.717, 1.165) is 0 Å². The predicted molar refractivity (Wildman–Crippen MR) is 68.2 cm³/mol. The van der Waals surface area contributed by atoms with Gasteiger partial charge < -0.3 is 0 Å². The first-order chi connectivity index (χ1) is 7.84. The Morgan fingerprint density at radius 3 is 1.82 bits per heavy atom. The summed E-state index contributed by atoms with van der Waals surface area (Å²) >= 11 is 0. The van der Waals surface area contributed by atoms with Gasteiger partial charge in [-0.15, -0.1) is 0 Å². The SMILES string of the molecule is CC(C)C(OS(=O)(=O)c1ccccc1)C(C)C. The molecule has 0 bridgehead atoms. The molecule has 1 aromatic rings. The number of benzene rings is 1. The van der Waals surface area contributed by atoms with E-state index in [4.69, 9.17) is 4.18 Å². The molecule has 0 unspecified atom stereocenters. The molecule has 96 valence electrons. The minimum Gasteiger partial charge on any atom is -0.262 e. The van der Waals surface area contributed by atoms with Crippen molar-refractivity contribution < 1.29 is 12.6 Å². The van der Waals surface area contributed by atoms with Gasteiger partial charge in [-0.05, 0) is 24.0 Å². The Labute approximate surface area is 104 Å². The highest BCUT2D eigenvalue weighted by atomic mass is 32.2. The summed E-state index contributed by atoms with van der Waals surface area (Å²) in [5.41, 5.74) is 0.